The molecule has 0 amide bonds. The summed E-state index contributed by atoms with van der Waals surface area (Å²) in [6.07, 6.45) is 1.56. The van der Waals surface area contributed by atoms with Crippen LogP contribution in [-0.4, -0.2) is 23.0 Å². The van der Waals surface area contributed by atoms with E-state index in [4.69, 9.17) is 17.0 Å². The molecule has 2 aromatic rings. The molecular weight excluding hydrogens is 298 g/mol. The van der Waals surface area contributed by atoms with Gasteiger partial charge in [0.1, 0.15) is 0 Å². The number of rotatable bonds is 5. The number of phenolic OH excluding ortho intramolecular Hbond substituents is 1. The molecule has 0 aliphatic carbocycles. The van der Waals surface area contributed by atoms with Crippen molar-refractivity contribution in [2.75, 3.05) is 11.9 Å². The van der Waals surface area contributed by atoms with Crippen molar-refractivity contribution < 1.29 is 9.84 Å². The molecule has 0 unspecified atom stereocenters. The summed E-state index contributed by atoms with van der Waals surface area (Å²) in [6.45, 7) is 2.36. The van der Waals surface area contributed by atoms with Gasteiger partial charge in [0.2, 0.25) is 0 Å². The fraction of sp³-hybridized carbons (Fsp3) is 0.125. The molecule has 6 heteroatoms. The summed E-state index contributed by atoms with van der Waals surface area (Å²) in [6, 6.07) is 14.6. The second-order valence-corrected chi connectivity index (χ2v) is 4.76. The Labute approximate surface area is 134 Å². The lowest BCUT2D eigenvalue weighted by molar-refractivity contribution is 0.318. The van der Waals surface area contributed by atoms with E-state index in [2.05, 4.69) is 15.8 Å². The molecule has 0 spiro atoms. The number of ether oxygens (including phenoxy) is 1. The number of nitrogens with one attached hydrogen (secondary N) is 2. The van der Waals surface area contributed by atoms with Crippen LogP contribution in [0.2, 0.25) is 0 Å². The van der Waals surface area contributed by atoms with Crippen LogP contribution in [0.3, 0.4) is 0 Å². The van der Waals surface area contributed by atoms with E-state index in [0.717, 1.165) is 11.3 Å². The van der Waals surface area contributed by atoms with Crippen LogP contribution in [0, 0.1) is 0 Å². The first-order valence-electron chi connectivity index (χ1n) is 6.80. The highest BCUT2D eigenvalue weighted by Crippen LogP contribution is 2.25. The van der Waals surface area contributed by atoms with E-state index in [9.17, 15) is 5.11 Å². The predicted octanol–water partition coefficient (Wildman–Crippen LogP) is 3.11. The molecule has 0 bridgehead atoms. The van der Waals surface area contributed by atoms with Gasteiger partial charge < -0.3 is 15.2 Å². The minimum atomic E-state index is 0.0794. The van der Waals surface area contributed by atoms with Gasteiger partial charge in [-0.05, 0) is 55.0 Å². The number of hydrogen-bond donors (Lipinski definition) is 3. The molecule has 0 aromatic heterocycles. The van der Waals surface area contributed by atoms with Crippen molar-refractivity contribution in [1.29, 1.82) is 0 Å². The lowest BCUT2D eigenvalue weighted by atomic mass is 10.2. The van der Waals surface area contributed by atoms with Crippen molar-refractivity contribution in [1.82, 2.24) is 5.43 Å². The van der Waals surface area contributed by atoms with Crippen LogP contribution in [-0.2, 0) is 0 Å². The molecule has 0 saturated carbocycles. The van der Waals surface area contributed by atoms with Crippen molar-refractivity contribution in [3.05, 3.63) is 54.1 Å². The molecule has 0 aliphatic heterocycles. The second kappa shape index (κ2) is 7.99. The highest BCUT2D eigenvalue weighted by Gasteiger charge is 2.01. The highest BCUT2D eigenvalue weighted by atomic mass is 32.1. The lowest BCUT2D eigenvalue weighted by Gasteiger charge is -2.07. The fourth-order valence-electron chi connectivity index (χ4n) is 1.74. The van der Waals surface area contributed by atoms with Crippen LogP contribution in [0.5, 0.6) is 11.5 Å². The Hall–Kier alpha value is -2.60. The number of hydrazone groups is 1. The van der Waals surface area contributed by atoms with Gasteiger partial charge in [0.05, 0.1) is 12.8 Å². The van der Waals surface area contributed by atoms with Crippen LogP contribution in [0.4, 0.5) is 5.69 Å². The molecule has 0 fully saturated rings. The van der Waals surface area contributed by atoms with Gasteiger partial charge in [-0.15, -0.1) is 0 Å². The highest BCUT2D eigenvalue weighted by molar-refractivity contribution is 7.80. The Morgan fingerprint density at radius 3 is 2.73 bits per heavy atom. The Morgan fingerprint density at radius 1 is 1.27 bits per heavy atom. The summed E-state index contributed by atoms with van der Waals surface area (Å²) in [7, 11) is 0. The maximum Gasteiger partial charge on any atom is 0.191 e. The zero-order valence-electron chi connectivity index (χ0n) is 12.1. The maximum absolute atomic E-state index is 9.78. The minimum absolute atomic E-state index is 0.0794. The molecule has 0 aliphatic rings. The molecule has 0 saturated heterocycles. The third-order valence-corrected chi connectivity index (χ3v) is 2.89. The van der Waals surface area contributed by atoms with Gasteiger partial charge in [-0.1, -0.05) is 18.2 Å². The largest absolute Gasteiger partial charge is 0.504 e. The van der Waals surface area contributed by atoms with Crippen LogP contribution < -0.4 is 15.5 Å². The van der Waals surface area contributed by atoms with Crippen molar-refractivity contribution >= 4 is 29.2 Å². The van der Waals surface area contributed by atoms with Crippen LogP contribution in [0.25, 0.3) is 0 Å². The van der Waals surface area contributed by atoms with Gasteiger partial charge >= 0.3 is 0 Å². The average Bonchev–Trinajstić information content (AvgIpc) is 2.51. The van der Waals surface area contributed by atoms with Crippen LogP contribution in [0.15, 0.2) is 53.6 Å². The molecule has 22 heavy (non-hydrogen) atoms. The Kier molecular flexibility index (Phi) is 5.73. The number of para-hydroxylation sites is 1. The monoisotopic (exact) mass is 315 g/mol. The summed E-state index contributed by atoms with van der Waals surface area (Å²) in [5.41, 5.74) is 4.33. The fourth-order valence-corrected chi connectivity index (χ4v) is 1.91. The van der Waals surface area contributed by atoms with E-state index in [-0.39, 0.29) is 5.75 Å². The topological polar surface area (TPSA) is 65.9 Å². The number of nitrogens with zero attached hydrogens (tertiary/aromatic N) is 1. The number of anilines is 1. The Bertz CT molecular complexity index is 660. The first-order chi connectivity index (χ1) is 10.7. The lowest BCUT2D eigenvalue weighted by Crippen LogP contribution is -2.23. The van der Waals surface area contributed by atoms with E-state index in [0.29, 0.717) is 17.5 Å². The van der Waals surface area contributed by atoms with E-state index in [1.165, 1.54) is 0 Å². The van der Waals surface area contributed by atoms with E-state index in [1.54, 1.807) is 24.4 Å². The third-order valence-electron chi connectivity index (χ3n) is 2.69. The Morgan fingerprint density at radius 2 is 2.05 bits per heavy atom. The van der Waals surface area contributed by atoms with Crippen LogP contribution in [0.1, 0.15) is 12.5 Å². The number of aromatic hydroxyl groups is 1. The number of thiocarbonyl (C=S) groups is 1. The van der Waals surface area contributed by atoms with Gasteiger partial charge in [0, 0.05) is 5.69 Å². The van der Waals surface area contributed by atoms with Crippen molar-refractivity contribution in [3.63, 3.8) is 0 Å². The first kappa shape index (κ1) is 15.8. The molecule has 3 N–H and O–H groups in total. The van der Waals surface area contributed by atoms with E-state index >= 15 is 0 Å². The zero-order chi connectivity index (χ0) is 15.8. The molecular formula is C16H17N3O2S. The van der Waals surface area contributed by atoms with Crippen molar-refractivity contribution in [2.45, 2.75) is 6.92 Å². The molecule has 114 valence electrons. The number of benzene rings is 2. The predicted molar refractivity (Wildman–Crippen MR) is 92.7 cm³/mol. The molecule has 2 aromatic carbocycles. The van der Waals surface area contributed by atoms with Gasteiger partial charge in [-0.2, -0.15) is 5.10 Å². The summed E-state index contributed by atoms with van der Waals surface area (Å²) in [4.78, 5) is 0. The first-order valence-corrected chi connectivity index (χ1v) is 7.21. The summed E-state index contributed by atoms with van der Waals surface area (Å²) < 4.78 is 5.26. The summed E-state index contributed by atoms with van der Waals surface area (Å²) >= 11 is 5.13. The smallest absolute Gasteiger partial charge is 0.191 e. The van der Waals surface area contributed by atoms with Crippen molar-refractivity contribution in [2.24, 2.45) is 5.10 Å². The van der Waals surface area contributed by atoms with Gasteiger partial charge in [-0.3, -0.25) is 5.43 Å². The minimum Gasteiger partial charge on any atom is -0.504 e. The van der Waals surface area contributed by atoms with Gasteiger partial charge in [0.15, 0.2) is 16.6 Å². The van der Waals surface area contributed by atoms with E-state index in [1.807, 2.05) is 37.3 Å². The van der Waals surface area contributed by atoms with E-state index < -0.39 is 0 Å². The maximum atomic E-state index is 9.78. The normalized spacial score (nSPS) is 10.4. The van der Waals surface area contributed by atoms with Crippen LogP contribution >= 0.6 is 12.2 Å². The van der Waals surface area contributed by atoms with Gasteiger partial charge in [-0.25, -0.2) is 0 Å². The molecule has 2 rings (SSSR count). The van der Waals surface area contributed by atoms with Crippen molar-refractivity contribution in [3.8, 4) is 11.5 Å². The summed E-state index contributed by atoms with van der Waals surface area (Å²) in [5, 5.41) is 17.2. The molecule has 0 atom stereocenters. The zero-order valence-corrected chi connectivity index (χ0v) is 12.9. The SMILES string of the molecule is CCOc1ccc(/C=N/NC(=S)Nc2ccccc2)cc1O. The standard InChI is InChI=1S/C16H17N3O2S/c1-2-21-15-9-8-12(10-14(15)20)11-17-19-16(22)18-13-6-4-3-5-7-13/h3-11,20H,2H2,1H3,(H2,18,19,22)/b17-11+. The van der Waals surface area contributed by atoms with Gasteiger partial charge in [0.25, 0.3) is 0 Å². The number of hydrogen-bond acceptors (Lipinski definition) is 4. The second-order valence-electron chi connectivity index (χ2n) is 4.35. The number of phenols is 1. The average molecular weight is 315 g/mol. The third kappa shape index (κ3) is 4.75. The quantitative estimate of drug-likeness (QED) is 0.449. The molecule has 0 heterocycles. The molecule has 5 nitrogen and oxygen atoms in total. The molecule has 0 radical (unpaired) electrons. The Balaban J connectivity index is 1.89. The summed E-state index contributed by atoms with van der Waals surface area (Å²) in [5.74, 6) is 0.532.